The molecule has 4 nitrogen and oxygen atoms in total. The van der Waals surface area contributed by atoms with Gasteiger partial charge >= 0.3 is 0 Å². The van der Waals surface area contributed by atoms with Crippen molar-refractivity contribution in [2.45, 2.75) is 0 Å². The molecule has 1 aromatic heterocycles. The Morgan fingerprint density at radius 2 is 0.783 bits per heavy atom. The van der Waals surface area contributed by atoms with Crippen molar-refractivity contribution >= 4 is 11.4 Å². The molecule has 1 heterocycles. The molecule has 0 aliphatic rings. The van der Waals surface area contributed by atoms with Gasteiger partial charge in [0, 0.05) is 16.7 Å². The Kier molecular flexibility index (Phi) is 7.68. The van der Waals surface area contributed by atoms with Gasteiger partial charge in [0.25, 0.3) is 0 Å². The number of benzene rings is 6. The first-order valence-corrected chi connectivity index (χ1v) is 14.9. The second-order valence-corrected chi connectivity index (χ2v) is 10.8. The van der Waals surface area contributed by atoms with Crippen molar-refractivity contribution in [3.63, 3.8) is 0 Å². The highest BCUT2D eigenvalue weighted by Crippen LogP contribution is 2.38. The van der Waals surface area contributed by atoms with Gasteiger partial charge in [0.2, 0.25) is 0 Å². The molecule has 4 heteroatoms. The van der Waals surface area contributed by atoms with E-state index >= 15 is 0 Å². The van der Waals surface area contributed by atoms with Crippen molar-refractivity contribution in [1.29, 1.82) is 0 Å². The van der Waals surface area contributed by atoms with Gasteiger partial charge in [-0.1, -0.05) is 146 Å². The summed E-state index contributed by atoms with van der Waals surface area (Å²) in [6.45, 7) is 14.7. The maximum Gasteiger partial charge on any atom is 0.187 e. The molecular formula is C42H26N4. The predicted octanol–water partition coefficient (Wildman–Crippen LogP) is 11.6. The third kappa shape index (κ3) is 5.80. The molecule has 0 radical (unpaired) electrons. The normalized spacial score (nSPS) is 10.6. The second kappa shape index (κ2) is 12.5. The molecule has 0 saturated heterocycles. The molecule has 214 valence electrons. The van der Waals surface area contributed by atoms with E-state index in [1.165, 1.54) is 0 Å². The quantitative estimate of drug-likeness (QED) is 0.182. The second-order valence-electron chi connectivity index (χ2n) is 10.8. The molecular weight excluding hydrogens is 560 g/mol. The molecule has 0 aliphatic carbocycles. The molecule has 0 amide bonds. The number of nitrogens with zero attached hydrogens (tertiary/aromatic N) is 4. The van der Waals surface area contributed by atoms with Crippen molar-refractivity contribution in [2.75, 3.05) is 0 Å². The average molecular weight is 587 g/mol. The van der Waals surface area contributed by atoms with E-state index in [2.05, 4.69) is 70.4 Å². The summed E-state index contributed by atoms with van der Waals surface area (Å²) in [6.07, 6.45) is 0. The van der Waals surface area contributed by atoms with Crippen molar-refractivity contribution in [3.05, 3.63) is 181 Å². The van der Waals surface area contributed by atoms with Gasteiger partial charge < -0.3 is 0 Å². The molecule has 0 bridgehead atoms. The molecule has 0 atom stereocenters. The molecule has 0 unspecified atom stereocenters. The summed E-state index contributed by atoms with van der Waals surface area (Å²) in [4.78, 5) is 17.0. The minimum absolute atomic E-state index is 0.606. The van der Waals surface area contributed by atoms with E-state index in [0.717, 1.165) is 61.5 Å². The van der Waals surface area contributed by atoms with E-state index < -0.39 is 0 Å². The lowest BCUT2D eigenvalue weighted by Gasteiger charge is -2.14. The van der Waals surface area contributed by atoms with E-state index in [0.29, 0.717) is 17.2 Å². The maximum absolute atomic E-state index is 7.36. The molecule has 46 heavy (non-hydrogen) atoms. The van der Waals surface area contributed by atoms with Crippen LogP contribution in [0.4, 0.5) is 11.4 Å². The Bertz CT molecular complexity index is 2170. The van der Waals surface area contributed by atoms with Gasteiger partial charge in [0.1, 0.15) is 0 Å². The molecule has 0 aliphatic heterocycles. The van der Waals surface area contributed by atoms with E-state index in [9.17, 15) is 0 Å². The van der Waals surface area contributed by atoms with Gasteiger partial charge in [-0.15, -0.1) is 0 Å². The minimum atomic E-state index is 0.606. The van der Waals surface area contributed by atoms with Crippen LogP contribution in [0.3, 0.4) is 0 Å². The summed E-state index contributed by atoms with van der Waals surface area (Å²) in [5.74, 6) is 0.690. The Morgan fingerprint density at radius 1 is 0.348 bits per heavy atom. The van der Waals surface area contributed by atoms with Crippen LogP contribution in [-0.4, -0.2) is 9.97 Å². The van der Waals surface area contributed by atoms with Crippen LogP contribution in [0.5, 0.6) is 0 Å². The van der Waals surface area contributed by atoms with Gasteiger partial charge in [0.15, 0.2) is 17.2 Å². The van der Waals surface area contributed by atoms with Crippen molar-refractivity contribution in [2.24, 2.45) is 0 Å². The van der Waals surface area contributed by atoms with Crippen molar-refractivity contribution in [1.82, 2.24) is 9.97 Å². The summed E-state index contributed by atoms with van der Waals surface area (Å²) < 4.78 is 0. The molecule has 7 rings (SSSR count). The molecule has 0 N–H and O–H groups in total. The van der Waals surface area contributed by atoms with E-state index in [1.54, 1.807) is 0 Å². The number of hydrogen-bond donors (Lipinski definition) is 0. The van der Waals surface area contributed by atoms with E-state index in [-0.39, 0.29) is 0 Å². The van der Waals surface area contributed by atoms with Crippen LogP contribution in [0.25, 0.3) is 77.0 Å². The Morgan fingerprint density at radius 3 is 1.33 bits per heavy atom. The van der Waals surface area contributed by atoms with Gasteiger partial charge in [0.05, 0.1) is 24.5 Å². The summed E-state index contributed by atoms with van der Waals surface area (Å²) in [7, 11) is 0. The van der Waals surface area contributed by atoms with Crippen LogP contribution in [0.2, 0.25) is 0 Å². The summed E-state index contributed by atoms with van der Waals surface area (Å²) >= 11 is 0. The highest BCUT2D eigenvalue weighted by atomic mass is 14.9. The first-order valence-electron chi connectivity index (χ1n) is 14.9. The largest absolute Gasteiger partial charge is 0.238 e. The molecule has 0 spiro atoms. The summed E-state index contributed by atoms with van der Waals surface area (Å²) in [5, 5.41) is 0. The molecule has 0 saturated carbocycles. The standard InChI is InChI=1S/C42H26N4/c1-43-36-22-17-30(18-23-36)38-26-21-35(27-39(38)31-19-24-37(44-2)25-20-31)29-13-15-33(16-14-29)41-28-40(32-9-5-3-6-10-32)45-42(46-41)34-11-7-4-8-12-34/h3-28H. The van der Waals surface area contributed by atoms with Crippen molar-refractivity contribution < 1.29 is 0 Å². The lowest BCUT2D eigenvalue weighted by atomic mass is 9.90. The fourth-order valence-corrected chi connectivity index (χ4v) is 5.55. The maximum atomic E-state index is 7.36. The Hall–Kier alpha value is -6.62. The van der Waals surface area contributed by atoms with Crippen LogP contribution < -0.4 is 0 Å². The fourth-order valence-electron chi connectivity index (χ4n) is 5.55. The first-order chi connectivity index (χ1) is 22.7. The lowest BCUT2D eigenvalue weighted by molar-refractivity contribution is 1.18. The van der Waals surface area contributed by atoms with Crippen molar-refractivity contribution in [3.8, 4) is 67.3 Å². The Balaban J connectivity index is 1.29. The minimum Gasteiger partial charge on any atom is -0.238 e. The zero-order valence-corrected chi connectivity index (χ0v) is 24.8. The number of aromatic nitrogens is 2. The zero-order valence-electron chi connectivity index (χ0n) is 24.8. The summed E-state index contributed by atoms with van der Waals surface area (Å²) in [5.41, 5.74) is 12.3. The van der Waals surface area contributed by atoms with E-state index in [1.807, 2.05) is 97.1 Å². The number of hydrogen-bond acceptors (Lipinski definition) is 2. The van der Waals surface area contributed by atoms with Crippen LogP contribution in [0.15, 0.2) is 158 Å². The molecule has 0 fully saturated rings. The van der Waals surface area contributed by atoms with Gasteiger partial charge in [-0.3, -0.25) is 0 Å². The van der Waals surface area contributed by atoms with E-state index in [4.69, 9.17) is 23.1 Å². The Labute approximate surface area is 268 Å². The third-order valence-corrected chi connectivity index (χ3v) is 7.98. The van der Waals surface area contributed by atoms with Gasteiger partial charge in [-0.2, -0.15) is 0 Å². The summed E-state index contributed by atoms with van der Waals surface area (Å²) in [6, 6.07) is 52.6. The van der Waals surface area contributed by atoms with Crippen LogP contribution in [0.1, 0.15) is 0 Å². The van der Waals surface area contributed by atoms with Crippen LogP contribution >= 0.6 is 0 Å². The highest BCUT2D eigenvalue weighted by Gasteiger charge is 2.13. The fraction of sp³-hybridized carbons (Fsp3) is 0. The number of rotatable bonds is 6. The van der Waals surface area contributed by atoms with Gasteiger partial charge in [-0.05, 0) is 45.5 Å². The first kappa shape index (κ1) is 28.2. The monoisotopic (exact) mass is 586 g/mol. The average Bonchev–Trinajstić information content (AvgIpc) is 3.15. The topological polar surface area (TPSA) is 34.5 Å². The lowest BCUT2D eigenvalue weighted by Crippen LogP contribution is -1.95. The van der Waals surface area contributed by atoms with Crippen LogP contribution in [-0.2, 0) is 0 Å². The predicted molar refractivity (Wildman–Crippen MR) is 187 cm³/mol. The molecule has 6 aromatic carbocycles. The molecule has 7 aromatic rings. The SMILES string of the molecule is [C-]#[N+]c1ccc(-c2ccc(-c3ccc(-c4cc(-c5ccccc5)nc(-c5ccccc5)n4)cc3)cc2-c2ccc([N+]#[C-])cc2)cc1. The highest BCUT2D eigenvalue weighted by molar-refractivity contribution is 5.88. The zero-order chi connectivity index (χ0) is 31.3. The smallest absolute Gasteiger partial charge is 0.187 e. The van der Waals surface area contributed by atoms with Gasteiger partial charge in [-0.25, -0.2) is 19.7 Å². The van der Waals surface area contributed by atoms with Crippen LogP contribution in [0, 0.1) is 13.1 Å². The third-order valence-electron chi connectivity index (χ3n) is 7.98.